The van der Waals surface area contributed by atoms with Crippen LogP contribution in [-0.2, 0) is 24.0 Å². The standard InChI is InChI=1S/C32H41N7O7/c1-6-21(17-40)35-29(43)24-14-22(36-31(45)27(41)20-10-8-7-9-11-20)16-39(24)32(46)26(19(4)5)38-30(44)25(18(2)3)37-28(42)23-15-33-12-13-34-23/h7-13,15,17-19,21-22,24-26H,6,14,16H2,1-5H3,(H,35,43)(H,36,45)(H,37,42)(H,38,44)/t21-,22+,24-,25-,26-/m0/s1. The van der Waals surface area contributed by atoms with E-state index in [2.05, 4.69) is 31.2 Å². The predicted octanol–water partition coefficient (Wildman–Crippen LogP) is 0.434. The number of aromatic nitrogens is 2. The molecule has 4 N–H and O–H groups in total. The van der Waals surface area contributed by atoms with Crippen LogP contribution in [0.2, 0.25) is 0 Å². The molecule has 0 aliphatic carbocycles. The average molecular weight is 636 g/mol. The van der Waals surface area contributed by atoms with Gasteiger partial charge >= 0.3 is 0 Å². The molecule has 2 aromatic rings. The fourth-order valence-corrected chi connectivity index (χ4v) is 5.02. The highest BCUT2D eigenvalue weighted by molar-refractivity contribution is 6.42. The molecule has 1 aliphatic heterocycles. The number of aldehydes is 1. The van der Waals surface area contributed by atoms with Crippen LogP contribution in [0.4, 0.5) is 0 Å². The van der Waals surface area contributed by atoms with E-state index in [1.165, 1.54) is 35.6 Å². The van der Waals surface area contributed by atoms with Crippen LogP contribution in [0.3, 0.4) is 0 Å². The average Bonchev–Trinajstić information content (AvgIpc) is 3.48. The smallest absolute Gasteiger partial charge is 0.292 e. The Kier molecular flexibility index (Phi) is 12.6. The van der Waals surface area contributed by atoms with Crippen molar-refractivity contribution >= 4 is 41.6 Å². The van der Waals surface area contributed by atoms with Gasteiger partial charge in [0.2, 0.25) is 23.5 Å². The zero-order valence-corrected chi connectivity index (χ0v) is 26.6. The first-order valence-corrected chi connectivity index (χ1v) is 15.2. The van der Waals surface area contributed by atoms with Crippen LogP contribution in [0.15, 0.2) is 48.9 Å². The number of amides is 5. The minimum atomic E-state index is -1.12. The van der Waals surface area contributed by atoms with Crippen molar-refractivity contribution in [3.8, 4) is 0 Å². The molecule has 14 heteroatoms. The number of benzene rings is 1. The van der Waals surface area contributed by atoms with E-state index in [0.717, 1.165) is 0 Å². The minimum absolute atomic E-state index is 0.0166. The van der Waals surface area contributed by atoms with Gasteiger partial charge in [-0.25, -0.2) is 4.98 Å². The first-order chi connectivity index (χ1) is 21.9. The first-order valence-electron chi connectivity index (χ1n) is 15.2. The summed E-state index contributed by atoms with van der Waals surface area (Å²) in [6.07, 6.45) is 4.91. The predicted molar refractivity (Wildman–Crippen MR) is 166 cm³/mol. The quantitative estimate of drug-likeness (QED) is 0.129. The van der Waals surface area contributed by atoms with Gasteiger partial charge in [0.1, 0.15) is 30.1 Å². The van der Waals surface area contributed by atoms with E-state index in [4.69, 9.17) is 0 Å². The largest absolute Gasteiger partial charge is 0.345 e. The molecule has 0 bridgehead atoms. The Morgan fingerprint density at radius 3 is 2.17 bits per heavy atom. The summed E-state index contributed by atoms with van der Waals surface area (Å²) in [7, 11) is 0. The van der Waals surface area contributed by atoms with Crippen LogP contribution in [-0.4, -0.2) is 93.2 Å². The fraction of sp³-hybridized carbons (Fsp3) is 0.469. The Morgan fingerprint density at radius 2 is 1.61 bits per heavy atom. The third kappa shape index (κ3) is 9.02. The van der Waals surface area contributed by atoms with E-state index in [-0.39, 0.29) is 30.1 Å². The number of hydrogen-bond acceptors (Lipinski definition) is 9. The van der Waals surface area contributed by atoms with Gasteiger partial charge in [-0.1, -0.05) is 65.0 Å². The van der Waals surface area contributed by atoms with Gasteiger partial charge in [-0.2, -0.15) is 0 Å². The lowest BCUT2D eigenvalue weighted by atomic mass is 9.98. The molecular formula is C32H41N7O7. The Labute approximate surface area is 267 Å². The highest BCUT2D eigenvalue weighted by Gasteiger charge is 2.44. The fourth-order valence-electron chi connectivity index (χ4n) is 5.02. The van der Waals surface area contributed by atoms with E-state index in [1.54, 1.807) is 52.8 Å². The van der Waals surface area contributed by atoms with Gasteiger partial charge in [0.15, 0.2) is 0 Å². The van der Waals surface area contributed by atoms with E-state index in [9.17, 15) is 33.6 Å². The molecule has 5 atom stereocenters. The summed E-state index contributed by atoms with van der Waals surface area (Å²) in [5.74, 6) is -4.93. The van der Waals surface area contributed by atoms with Crippen LogP contribution in [0.1, 0.15) is 68.3 Å². The molecule has 0 radical (unpaired) electrons. The van der Waals surface area contributed by atoms with Gasteiger partial charge in [0.05, 0.1) is 12.2 Å². The molecule has 1 saturated heterocycles. The van der Waals surface area contributed by atoms with E-state index >= 15 is 0 Å². The number of ketones is 1. The molecule has 0 saturated carbocycles. The highest BCUT2D eigenvalue weighted by Crippen LogP contribution is 2.22. The van der Waals surface area contributed by atoms with Gasteiger partial charge < -0.3 is 31.0 Å². The lowest BCUT2D eigenvalue weighted by Crippen LogP contribution is -2.59. The SMILES string of the molecule is CC[C@@H](C=O)NC(=O)[C@@H]1C[C@@H](NC(=O)C(=O)c2ccccc2)CN1C(=O)[C@@H](NC(=O)[C@@H](NC(=O)c1cnccn1)C(C)C)C(C)C. The second kappa shape index (κ2) is 16.3. The van der Waals surface area contributed by atoms with E-state index in [1.807, 2.05) is 0 Å². The monoisotopic (exact) mass is 635 g/mol. The van der Waals surface area contributed by atoms with Crippen molar-refractivity contribution in [1.29, 1.82) is 0 Å². The zero-order valence-electron chi connectivity index (χ0n) is 26.6. The number of nitrogens with zero attached hydrogens (tertiary/aromatic N) is 3. The lowest BCUT2D eigenvalue weighted by Gasteiger charge is -2.32. The summed E-state index contributed by atoms with van der Waals surface area (Å²) < 4.78 is 0. The van der Waals surface area contributed by atoms with Crippen LogP contribution >= 0.6 is 0 Å². The van der Waals surface area contributed by atoms with E-state index in [0.29, 0.717) is 12.7 Å². The number of hydrogen-bond donors (Lipinski definition) is 4. The van der Waals surface area contributed by atoms with E-state index < -0.39 is 71.4 Å². The molecule has 1 fully saturated rings. The maximum atomic E-state index is 14.1. The van der Waals surface area contributed by atoms with Gasteiger partial charge in [-0.3, -0.25) is 33.8 Å². The van der Waals surface area contributed by atoms with Crippen molar-refractivity contribution < 1.29 is 33.6 Å². The molecule has 0 unspecified atom stereocenters. The molecule has 1 aromatic carbocycles. The maximum absolute atomic E-state index is 14.1. The van der Waals surface area contributed by atoms with Gasteiger partial charge in [0.25, 0.3) is 11.8 Å². The second-order valence-corrected chi connectivity index (χ2v) is 11.8. The molecule has 14 nitrogen and oxygen atoms in total. The number of rotatable bonds is 14. The molecule has 5 amide bonds. The Bertz CT molecular complexity index is 1420. The normalized spacial score (nSPS) is 17.8. The summed E-state index contributed by atoms with van der Waals surface area (Å²) in [6.45, 7) is 8.49. The summed E-state index contributed by atoms with van der Waals surface area (Å²) in [6, 6.07) is 3.15. The van der Waals surface area contributed by atoms with Crippen LogP contribution in [0.25, 0.3) is 0 Å². The van der Waals surface area contributed by atoms with Crippen molar-refractivity contribution in [2.75, 3.05) is 6.54 Å². The molecule has 46 heavy (non-hydrogen) atoms. The zero-order chi connectivity index (χ0) is 34.0. The third-order valence-electron chi connectivity index (χ3n) is 7.66. The van der Waals surface area contributed by atoms with Gasteiger partial charge in [-0.05, 0) is 24.7 Å². The van der Waals surface area contributed by atoms with Crippen molar-refractivity contribution in [3.05, 3.63) is 60.2 Å². The number of carbonyl (C=O) groups is 7. The van der Waals surface area contributed by atoms with Crippen molar-refractivity contribution in [1.82, 2.24) is 36.1 Å². The molecule has 246 valence electrons. The molecule has 1 aliphatic rings. The van der Waals surface area contributed by atoms with Crippen molar-refractivity contribution in [2.45, 2.75) is 77.7 Å². The van der Waals surface area contributed by atoms with Crippen molar-refractivity contribution in [2.24, 2.45) is 11.8 Å². The molecule has 2 heterocycles. The molecule has 0 spiro atoms. The Morgan fingerprint density at radius 1 is 0.935 bits per heavy atom. The summed E-state index contributed by atoms with van der Waals surface area (Å²) in [4.78, 5) is 99.7. The topological polar surface area (TPSA) is 197 Å². The van der Waals surface area contributed by atoms with Crippen molar-refractivity contribution in [3.63, 3.8) is 0 Å². The lowest BCUT2D eigenvalue weighted by molar-refractivity contribution is -0.143. The van der Waals surface area contributed by atoms with Gasteiger partial charge in [0, 0.05) is 30.5 Å². The van der Waals surface area contributed by atoms with Gasteiger partial charge in [-0.15, -0.1) is 0 Å². The van der Waals surface area contributed by atoms with Crippen LogP contribution < -0.4 is 21.3 Å². The number of likely N-dealkylation sites (tertiary alicyclic amines) is 1. The Hall–Kier alpha value is -5.01. The highest BCUT2D eigenvalue weighted by atomic mass is 16.2. The first kappa shape index (κ1) is 35.5. The van der Waals surface area contributed by atoms with Crippen LogP contribution in [0, 0.1) is 11.8 Å². The summed E-state index contributed by atoms with van der Waals surface area (Å²) >= 11 is 0. The Balaban J connectivity index is 1.82. The molecule has 3 rings (SSSR count). The maximum Gasteiger partial charge on any atom is 0.292 e. The van der Waals surface area contributed by atoms with Crippen LogP contribution in [0.5, 0.6) is 0 Å². The molecule has 1 aromatic heterocycles. The number of Topliss-reactive ketones (excluding diaryl/α,β-unsaturated/α-hetero) is 1. The second-order valence-electron chi connectivity index (χ2n) is 11.8. The number of carbonyl (C=O) groups excluding carboxylic acids is 7. The molecular weight excluding hydrogens is 594 g/mol. The minimum Gasteiger partial charge on any atom is -0.345 e. The third-order valence-corrected chi connectivity index (χ3v) is 7.66. The summed E-state index contributed by atoms with van der Waals surface area (Å²) in [5.41, 5.74) is 0.202. The number of nitrogens with one attached hydrogen (secondary N) is 4. The summed E-state index contributed by atoms with van der Waals surface area (Å²) in [5, 5.41) is 10.6.